The summed E-state index contributed by atoms with van der Waals surface area (Å²) >= 11 is 6.05. The molecule has 13 heavy (non-hydrogen) atoms. The molecule has 1 aliphatic carbocycles. The van der Waals surface area contributed by atoms with Gasteiger partial charge < -0.3 is 5.73 Å². The second-order valence-electron chi connectivity index (χ2n) is 3.31. The lowest BCUT2D eigenvalue weighted by atomic mass is 9.88. The van der Waals surface area contributed by atoms with Gasteiger partial charge in [0.15, 0.2) is 0 Å². The Hall–Kier alpha value is -0.240. The average molecular weight is 218 g/mol. The maximum atomic E-state index is 6.05. The molecule has 2 N–H and O–H groups in total. The molecular formula is C10H13Cl2N. The van der Waals surface area contributed by atoms with E-state index in [1.54, 1.807) is 0 Å². The van der Waals surface area contributed by atoms with Gasteiger partial charge in [-0.05, 0) is 36.5 Å². The van der Waals surface area contributed by atoms with Crippen molar-refractivity contribution in [1.29, 1.82) is 0 Å². The van der Waals surface area contributed by atoms with Crippen LogP contribution in [0, 0.1) is 0 Å². The third kappa shape index (κ3) is 1.98. The van der Waals surface area contributed by atoms with Gasteiger partial charge in [-0.1, -0.05) is 23.7 Å². The first-order valence-corrected chi connectivity index (χ1v) is 4.69. The van der Waals surface area contributed by atoms with Crippen molar-refractivity contribution in [2.75, 3.05) is 0 Å². The summed E-state index contributed by atoms with van der Waals surface area (Å²) in [6.45, 7) is 0. The third-order valence-corrected chi connectivity index (χ3v) is 2.85. The van der Waals surface area contributed by atoms with E-state index in [1.165, 1.54) is 11.1 Å². The number of benzene rings is 1. The Morgan fingerprint density at radius 3 is 2.85 bits per heavy atom. The van der Waals surface area contributed by atoms with Crippen LogP contribution in [0.4, 0.5) is 0 Å². The van der Waals surface area contributed by atoms with E-state index in [0.29, 0.717) is 0 Å². The van der Waals surface area contributed by atoms with E-state index in [-0.39, 0.29) is 18.4 Å². The molecule has 0 fully saturated rings. The van der Waals surface area contributed by atoms with Gasteiger partial charge in [0.1, 0.15) is 0 Å². The molecule has 2 rings (SSSR count). The molecule has 72 valence electrons. The van der Waals surface area contributed by atoms with Crippen molar-refractivity contribution in [1.82, 2.24) is 0 Å². The molecule has 0 amide bonds. The SMILES string of the molecule is Cl.N[C@H]1CCCc2c(Cl)cccc21. The van der Waals surface area contributed by atoms with Crippen molar-refractivity contribution in [3.8, 4) is 0 Å². The Kier molecular flexibility index (Phi) is 3.60. The van der Waals surface area contributed by atoms with Gasteiger partial charge >= 0.3 is 0 Å². The van der Waals surface area contributed by atoms with E-state index in [9.17, 15) is 0 Å². The summed E-state index contributed by atoms with van der Waals surface area (Å²) in [5, 5.41) is 0.877. The minimum atomic E-state index is 0. The minimum absolute atomic E-state index is 0. The molecule has 0 radical (unpaired) electrons. The van der Waals surface area contributed by atoms with Crippen molar-refractivity contribution < 1.29 is 0 Å². The molecule has 1 atom stereocenters. The maximum Gasteiger partial charge on any atom is 0.0441 e. The summed E-state index contributed by atoms with van der Waals surface area (Å²) in [7, 11) is 0. The fourth-order valence-corrected chi connectivity index (χ4v) is 2.12. The third-order valence-electron chi connectivity index (χ3n) is 2.50. The summed E-state index contributed by atoms with van der Waals surface area (Å²) in [6, 6.07) is 6.21. The molecule has 0 heterocycles. The van der Waals surface area contributed by atoms with Crippen molar-refractivity contribution in [2.24, 2.45) is 5.73 Å². The molecule has 3 heteroatoms. The summed E-state index contributed by atoms with van der Waals surface area (Å²) in [5.74, 6) is 0. The lowest BCUT2D eigenvalue weighted by molar-refractivity contribution is 0.570. The van der Waals surface area contributed by atoms with Crippen molar-refractivity contribution in [3.05, 3.63) is 34.3 Å². The Bertz CT molecular complexity index is 299. The highest BCUT2D eigenvalue weighted by Gasteiger charge is 2.17. The quantitative estimate of drug-likeness (QED) is 0.711. The maximum absolute atomic E-state index is 6.05. The molecule has 1 nitrogen and oxygen atoms in total. The molecule has 1 aliphatic rings. The Labute approximate surface area is 89.7 Å². The van der Waals surface area contributed by atoms with Crippen LogP contribution in [0.1, 0.15) is 30.0 Å². The molecule has 0 aliphatic heterocycles. The molecule has 0 unspecified atom stereocenters. The molecular weight excluding hydrogens is 205 g/mol. The molecule has 0 saturated heterocycles. The summed E-state index contributed by atoms with van der Waals surface area (Å²) in [4.78, 5) is 0. The standard InChI is InChI=1S/C10H12ClN.ClH/c11-9-5-1-4-8-7(9)3-2-6-10(8)12;/h1,4-5,10H,2-3,6,12H2;1H/t10-;/m0./s1. The van der Waals surface area contributed by atoms with Crippen LogP contribution in [-0.4, -0.2) is 0 Å². The molecule has 0 saturated carbocycles. The zero-order valence-electron chi connectivity index (χ0n) is 7.29. The van der Waals surface area contributed by atoms with Crippen LogP contribution in [0.15, 0.2) is 18.2 Å². The Morgan fingerprint density at radius 2 is 2.15 bits per heavy atom. The lowest BCUT2D eigenvalue weighted by Gasteiger charge is -2.22. The molecule has 0 bridgehead atoms. The van der Waals surface area contributed by atoms with Crippen LogP contribution >= 0.6 is 24.0 Å². The Morgan fingerprint density at radius 1 is 1.38 bits per heavy atom. The number of fused-ring (bicyclic) bond motifs is 1. The van der Waals surface area contributed by atoms with Gasteiger partial charge in [0.05, 0.1) is 0 Å². The number of hydrogen-bond acceptors (Lipinski definition) is 1. The smallest absolute Gasteiger partial charge is 0.0441 e. The zero-order valence-corrected chi connectivity index (χ0v) is 8.87. The van der Waals surface area contributed by atoms with Crippen molar-refractivity contribution in [2.45, 2.75) is 25.3 Å². The van der Waals surface area contributed by atoms with Gasteiger partial charge in [-0.15, -0.1) is 12.4 Å². The average Bonchev–Trinajstić information content (AvgIpc) is 2.07. The van der Waals surface area contributed by atoms with Gasteiger partial charge in [0, 0.05) is 11.1 Å². The van der Waals surface area contributed by atoms with Crippen molar-refractivity contribution in [3.63, 3.8) is 0 Å². The second-order valence-corrected chi connectivity index (χ2v) is 3.71. The van der Waals surface area contributed by atoms with E-state index in [0.717, 1.165) is 24.3 Å². The topological polar surface area (TPSA) is 26.0 Å². The normalized spacial score (nSPS) is 20.3. The molecule has 1 aromatic carbocycles. The highest BCUT2D eigenvalue weighted by Crippen LogP contribution is 2.32. The van der Waals surface area contributed by atoms with Crippen LogP contribution in [0.2, 0.25) is 5.02 Å². The fourth-order valence-electron chi connectivity index (χ4n) is 1.84. The van der Waals surface area contributed by atoms with E-state index >= 15 is 0 Å². The zero-order chi connectivity index (χ0) is 8.55. The first kappa shape index (κ1) is 10.8. The Balaban J connectivity index is 0.000000845. The predicted octanol–water partition coefficient (Wildman–Crippen LogP) is 3.10. The second kappa shape index (κ2) is 4.32. The minimum Gasteiger partial charge on any atom is -0.324 e. The van der Waals surface area contributed by atoms with Crippen LogP contribution < -0.4 is 5.73 Å². The van der Waals surface area contributed by atoms with Crippen LogP contribution in [0.25, 0.3) is 0 Å². The van der Waals surface area contributed by atoms with Crippen LogP contribution in [0.5, 0.6) is 0 Å². The summed E-state index contributed by atoms with van der Waals surface area (Å²) < 4.78 is 0. The number of hydrogen-bond donors (Lipinski definition) is 1. The molecule has 0 spiro atoms. The van der Waals surface area contributed by atoms with E-state index in [2.05, 4.69) is 6.07 Å². The van der Waals surface area contributed by atoms with Crippen molar-refractivity contribution >= 4 is 24.0 Å². The fraction of sp³-hybridized carbons (Fsp3) is 0.400. The summed E-state index contributed by atoms with van der Waals surface area (Å²) in [6.07, 6.45) is 3.34. The number of rotatable bonds is 0. The van der Waals surface area contributed by atoms with E-state index < -0.39 is 0 Å². The van der Waals surface area contributed by atoms with Gasteiger partial charge in [0.2, 0.25) is 0 Å². The van der Waals surface area contributed by atoms with Crippen LogP contribution in [0.3, 0.4) is 0 Å². The van der Waals surface area contributed by atoms with E-state index in [4.69, 9.17) is 17.3 Å². The summed E-state index contributed by atoms with van der Waals surface area (Å²) in [5.41, 5.74) is 8.46. The first-order valence-electron chi connectivity index (χ1n) is 4.32. The lowest BCUT2D eigenvalue weighted by Crippen LogP contribution is -2.17. The first-order chi connectivity index (χ1) is 5.79. The number of nitrogens with two attached hydrogens (primary N) is 1. The molecule has 1 aromatic rings. The van der Waals surface area contributed by atoms with Crippen LogP contribution in [-0.2, 0) is 6.42 Å². The van der Waals surface area contributed by atoms with Gasteiger partial charge in [-0.3, -0.25) is 0 Å². The monoisotopic (exact) mass is 217 g/mol. The highest BCUT2D eigenvalue weighted by atomic mass is 35.5. The largest absolute Gasteiger partial charge is 0.324 e. The van der Waals surface area contributed by atoms with E-state index in [1.807, 2.05) is 12.1 Å². The number of halogens is 2. The van der Waals surface area contributed by atoms with Gasteiger partial charge in [-0.2, -0.15) is 0 Å². The van der Waals surface area contributed by atoms with Gasteiger partial charge in [-0.25, -0.2) is 0 Å². The highest BCUT2D eigenvalue weighted by molar-refractivity contribution is 6.31. The molecule has 0 aromatic heterocycles. The van der Waals surface area contributed by atoms with Gasteiger partial charge in [0.25, 0.3) is 0 Å². The predicted molar refractivity (Wildman–Crippen MR) is 58.6 cm³/mol.